The van der Waals surface area contributed by atoms with Crippen molar-refractivity contribution >= 4 is 31.4 Å². The minimum atomic E-state index is -4.16. The van der Waals surface area contributed by atoms with Gasteiger partial charge in [0.25, 0.3) is 0 Å². The van der Waals surface area contributed by atoms with Crippen molar-refractivity contribution in [3.63, 3.8) is 0 Å². The number of hydrogen-bond acceptors (Lipinski definition) is 6. The molecule has 23 heavy (non-hydrogen) atoms. The van der Waals surface area contributed by atoms with E-state index in [0.29, 0.717) is 0 Å². The molecular formula is C13H14N2O6S2. The number of nitrogens with one attached hydrogen (secondary N) is 2. The van der Waals surface area contributed by atoms with Crippen molar-refractivity contribution in [3.05, 3.63) is 48.5 Å². The van der Waals surface area contributed by atoms with Crippen LogP contribution in [0.1, 0.15) is 0 Å². The number of benzene rings is 2. The zero-order valence-electron chi connectivity index (χ0n) is 11.7. The van der Waals surface area contributed by atoms with Crippen LogP contribution in [0.25, 0.3) is 0 Å². The van der Waals surface area contributed by atoms with Gasteiger partial charge in [-0.15, -0.1) is 0 Å². The van der Waals surface area contributed by atoms with Crippen molar-refractivity contribution in [2.24, 2.45) is 0 Å². The number of aromatic hydroxyl groups is 2. The molecule has 10 heteroatoms. The van der Waals surface area contributed by atoms with Crippen molar-refractivity contribution in [1.82, 2.24) is 0 Å². The summed E-state index contributed by atoms with van der Waals surface area (Å²) in [7, 11) is -8.33. The first-order chi connectivity index (χ1) is 10.7. The third kappa shape index (κ3) is 5.34. The maximum atomic E-state index is 11.9. The maximum absolute atomic E-state index is 11.9. The minimum Gasteiger partial charge on any atom is -0.508 e. The van der Waals surface area contributed by atoms with Crippen LogP contribution in [0.15, 0.2) is 48.5 Å². The third-order valence-electron chi connectivity index (χ3n) is 2.59. The Bertz CT molecular complexity index is 800. The molecule has 0 atom stereocenters. The van der Waals surface area contributed by atoms with Gasteiger partial charge >= 0.3 is 0 Å². The first-order valence-corrected chi connectivity index (χ1v) is 9.55. The van der Waals surface area contributed by atoms with Gasteiger partial charge < -0.3 is 10.2 Å². The number of hydrogen-bond donors (Lipinski definition) is 4. The predicted molar refractivity (Wildman–Crippen MR) is 86.2 cm³/mol. The Morgan fingerprint density at radius 3 is 1.26 bits per heavy atom. The number of phenolic OH excluding ortho intramolecular Hbond substituents is 2. The normalized spacial score (nSPS) is 11.8. The van der Waals surface area contributed by atoms with Crippen molar-refractivity contribution < 1.29 is 27.0 Å². The molecule has 4 N–H and O–H groups in total. The van der Waals surface area contributed by atoms with Gasteiger partial charge in [-0.1, -0.05) is 0 Å². The summed E-state index contributed by atoms with van der Waals surface area (Å²) in [5.74, 6) is -0.0934. The Labute approximate surface area is 133 Å². The Hall–Kier alpha value is -2.46. The van der Waals surface area contributed by atoms with Crippen molar-refractivity contribution in [1.29, 1.82) is 0 Å². The SMILES string of the molecule is O=S(=O)(CS(=O)(=O)Nc1ccc(O)cc1)Nc1ccc(O)cc1. The van der Waals surface area contributed by atoms with Crippen LogP contribution in [0.5, 0.6) is 11.5 Å². The van der Waals surface area contributed by atoms with Gasteiger partial charge in [0.1, 0.15) is 11.5 Å². The smallest absolute Gasteiger partial charge is 0.249 e. The molecule has 0 saturated carbocycles. The van der Waals surface area contributed by atoms with E-state index in [4.69, 9.17) is 10.2 Å². The van der Waals surface area contributed by atoms with Crippen LogP contribution in [-0.2, 0) is 20.0 Å². The summed E-state index contributed by atoms with van der Waals surface area (Å²) in [6.07, 6.45) is 0. The first kappa shape index (κ1) is 16.9. The van der Waals surface area contributed by atoms with Gasteiger partial charge in [-0.3, -0.25) is 9.44 Å². The maximum Gasteiger partial charge on any atom is 0.249 e. The highest BCUT2D eigenvalue weighted by Gasteiger charge is 2.22. The number of anilines is 2. The largest absolute Gasteiger partial charge is 0.508 e. The minimum absolute atomic E-state index is 0.0467. The molecule has 124 valence electrons. The van der Waals surface area contributed by atoms with Gasteiger partial charge in [0, 0.05) is 11.4 Å². The Morgan fingerprint density at radius 1 is 0.652 bits per heavy atom. The molecule has 0 radical (unpaired) electrons. The number of sulfonamides is 2. The Kier molecular flexibility index (Phi) is 4.66. The molecule has 0 fully saturated rings. The summed E-state index contributed by atoms with van der Waals surface area (Å²) in [5.41, 5.74) is 0.255. The number of phenols is 2. The summed E-state index contributed by atoms with van der Waals surface area (Å²) in [5, 5.41) is 17.1. The van der Waals surface area contributed by atoms with E-state index in [0.717, 1.165) is 0 Å². The molecule has 0 aliphatic heterocycles. The molecule has 2 aromatic rings. The zero-order valence-corrected chi connectivity index (χ0v) is 13.3. The average molecular weight is 358 g/mol. The predicted octanol–water partition coefficient (Wildman–Crippen LogP) is 1.24. The third-order valence-corrected chi connectivity index (χ3v) is 6.17. The van der Waals surface area contributed by atoms with E-state index in [1.807, 2.05) is 0 Å². The summed E-state index contributed by atoms with van der Waals surface area (Å²) in [6, 6.07) is 10.3. The molecular weight excluding hydrogens is 344 g/mol. The van der Waals surface area contributed by atoms with E-state index < -0.39 is 25.1 Å². The molecule has 2 rings (SSSR count). The second-order valence-corrected chi connectivity index (χ2v) is 8.46. The average Bonchev–Trinajstić information content (AvgIpc) is 2.42. The van der Waals surface area contributed by atoms with Crippen molar-refractivity contribution in [2.45, 2.75) is 0 Å². The van der Waals surface area contributed by atoms with E-state index in [1.54, 1.807) is 0 Å². The molecule has 0 bridgehead atoms. The van der Waals surface area contributed by atoms with E-state index >= 15 is 0 Å². The van der Waals surface area contributed by atoms with Crippen molar-refractivity contribution in [3.8, 4) is 11.5 Å². The summed E-state index contributed by atoms with van der Waals surface area (Å²) in [6.45, 7) is 0. The van der Waals surface area contributed by atoms with Gasteiger partial charge in [0.2, 0.25) is 20.0 Å². The monoisotopic (exact) mass is 358 g/mol. The van der Waals surface area contributed by atoms with Crippen LogP contribution in [0.2, 0.25) is 0 Å². The summed E-state index contributed by atoms with van der Waals surface area (Å²) in [4.78, 5) is 0. The number of rotatable bonds is 6. The second kappa shape index (κ2) is 6.34. The molecule has 0 heterocycles. The van der Waals surface area contributed by atoms with Crippen molar-refractivity contribution in [2.75, 3.05) is 14.5 Å². The lowest BCUT2D eigenvalue weighted by Gasteiger charge is -2.10. The molecule has 0 spiro atoms. The molecule has 0 amide bonds. The zero-order chi connectivity index (χ0) is 17.1. The highest BCUT2D eigenvalue weighted by Crippen LogP contribution is 2.17. The molecule has 0 aliphatic rings. The molecule has 0 aliphatic carbocycles. The topological polar surface area (TPSA) is 133 Å². The highest BCUT2D eigenvalue weighted by molar-refractivity contribution is 8.09. The van der Waals surface area contributed by atoms with Gasteiger partial charge in [-0.05, 0) is 48.5 Å². The van der Waals surface area contributed by atoms with Gasteiger partial charge in [-0.25, -0.2) is 16.8 Å². The molecule has 0 saturated heterocycles. The van der Waals surface area contributed by atoms with Crippen LogP contribution < -0.4 is 9.44 Å². The Morgan fingerprint density at radius 2 is 0.957 bits per heavy atom. The van der Waals surface area contributed by atoms with Crippen LogP contribution in [0.4, 0.5) is 11.4 Å². The molecule has 2 aromatic carbocycles. The molecule has 0 unspecified atom stereocenters. The summed E-state index contributed by atoms with van der Waals surface area (Å²) >= 11 is 0. The van der Waals surface area contributed by atoms with Crippen LogP contribution >= 0.6 is 0 Å². The molecule has 8 nitrogen and oxygen atoms in total. The lowest BCUT2D eigenvalue weighted by atomic mass is 10.3. The van der Waals surface area contributed by atoms with Gasteiger partial charge in [-0.2, -0.15) is 0 Å². The quantitative estimate of drug-likeness (QED) is 0.574. The standard InChI is InChI=1S/C13H14N2O6S2/c16-12-5-1-10(2-6-12)14-22(18,19)9-23(20,21)15-11-3-7-13(17)8-4-11/h1-8,14-17H,9H2. The van der Waals surface area contributed by atoms with E-state index in [-0.39, 0.29) is 22.9 Å². The van der Waals surface area contributed by atoms with Crippen LogP contribution in [0.3, 0.4) is 0 Å². The van der Waals surface area contributed by atoms with Crippen LogP contribution in [-0.4, -0.2) is 32.1 Å². The van der Waals surface area contributed by atoms with E-state index in [2.05, 4.69) is 9.44 Å². The Balaban J connectivity index is 2.08. The fourth-order valence-corrected chi connectivity index (χ4v) is 4.78. The fraction of sp³-hybridized carbons (Fsp3) is 0.0769. The first-order valence-electron chi connectivity index (χ1n) is 6.24. The van der Waals surface area contributed by atoms with E-state index in [9.17, 15) is 16.8 Å². The fourth-order valence-electron chi connectivity index (χ4n) is 1.68. The van der Waals surface area contributed by atoms with Gasteiger partial charge in [0.15, 0.2) is 5.08 Å². The molecule has 0 aromatic heterocycles. The van der Waals surface area contributed by atoms with Crippen LogP contribution in [0, 0.1) is 0 Å². The summed E-state index contributed by atoms with van der Waals surface area (Å²) < 4.78 is 51.8. The van der Waals surface area contributed by atoms with Gasteiger partial charge in [0.05, 0.1) is 0 Å². The highest BCUT2D eigenvalue weighted by atomic mass is 32.3. The second-order valence-electron chi connectivity index (χ2n) is 4.65. The van der Waals surface area contributed by atoms with E-state index in [1.165, 1.54) is 48.5 Å². The lowest BCUT2D eigenvalue weighted by Crippen LogP contribution is -2.27. The lowest BCUT2D eigenvalue weighted by molar-refractivity contribution is 0.475.